The van der Waals surface area contributed by atoms with E-state index in [4.69, 9.17) is 5.11 Å². The molecule has 0 bridgehead atoms. The number of carboxylic acid groups (broad SMARTS) is 1. The summed E-state index contributed by atoms with van der Waals surface area (Å²) < 4.78 is 0. The van der Waals surface area contributed by atoms with Crippen LogP contribution in [-0.2, 0) is 4.79 Å². The van der Waals surface area contributed by atoms with Gasteiger partial charge in [-0.3, -0.25) is 9.59 Å². The van der Waals surface area contributed by atoms with Gasteiger partial charge in [-0.25, -0.2) is 0 Å². The molecule has 4 nitrogen and oxygen atoms in total. The zero-order valence-electron chi connectivity index (χ0n) is 10.6. The van der Waals surface area contributed by atoms with Gasteiger partial charge >= 0.3 is 5.97 Å². The summed E-state index contributed by atoms with van der Waals surface area (Å²) in [4.78, 5) is 27.1. The Morgan fingerprint density at radius 3 is 2.72 bits per heavy atom. The lowest BCUT2D eigenvalue weighted by Gasteiger charge is -2.30. The van der Waals surface area contributed by atoms with Crippen LogP contribution >= 0.6 is 11.3 Å². The normalized spacial score (nSPS) is 19.9. The first kappa shape index (κ1) is 13.1. The second-order valence-electron chi connectivity index (χ2n) is 4.76. The Hall–Kier alpha value is -1.36. The Kier molecular flexibility index (Phi) is 3.71. The molecule has 1 aliphatic heterocycles. The van der Waals surface area contributed by atoms with Crippen molar-refractivity contribution in [2.45, 2.75) is 26.7 Å². The van der Waals surface area contributed by atoms with Gasteiger partial charge in [-0.1, -0.05) is 0 Å². The third-order valence-electron chi connectivity index (χ3n) is 3.33. The second-order valence-corrected chi connectivity index (χ2v) is 6.22. The molecule has 1 amide bonds. The molecular formula is C13H17NO3S. The number of carbonyl (C=O) groups excluding carboxylic acids is 1. The van der Waals surface area contributed by atoms with Crippen molar-refractivity contribution in [1.82, 2.24) is 4.90 Å². The van der Waals surface area contributed by atoms with Crippen LogP contribution in [0.3, 0.4) is 0 Å². The van der Waals surface area contributed by atoms with Gasteiger partial charge in [-0.2, -0.15) is 0 Å². The molecule has 1 N–H and O–H groups in total. The second kappa shape index (κ2) is 5.10. The molecule has 1 aromatic rings. The molecule has 98 valence electrons. The van der Waals surface area contributed by atoms with Gasteiger partial charge in [-0.15, -0.1) is 11.3 Å². The lowest BCUT2D eigenvalue weighted by Crippen LogP contribution is -2.42. The molecular weight excluding hydrogens is 250 g/mol. The molecule has 0 spiro atoms. The van der Waals surface area contributed by atoms with E-state index < -0.39 is 11.9 Å². The van der Waals surface area contributed by atoms with E-state index in [-0.39, 0.29) is 5.91 Å². The van der Waals surface area contributed by atoms with Gasteiger partial charge in [0, 0.05) is 22.8 Å². The highest BCUT2D eigenvalue weighted by atomic mass is 32.1. The molecule has 0 aromatic carbocycles. The van der Waals surface area contributed by atoms with Crippen molar-refractivity contribution in [3.05, 3.63) is 21.4 Å². The van der Waals surface area contributed by atoms with Crippen molar-refractivity contribution >= 4 is 23.2 Å². The fourth-order valence-corrected chi connectivity index (χ4v) is 3.29. The van der Waals surface area contributed by atoms with Crippen LogP contribution in [0.15, 0.2) is 6.07 Å². The van der Waals surface area contributed by atoms with Crippen LogP contribution in [0.4, 0.5) is 0 Å². The van der Waals surface area contributed by atoms with Crippen molar-refractivity contribution in [1.29, 1.82) is 0 Å². The average molecular weight is 267 g/mol. The zero-order valence-corrected chi connectivity index (χ0v) is 11.4. The van der Waals surface area contributed by atoms with E-state index >= 15 is 0 Å². The predicted octanol–water partition coefficient (Wildman–Crippen LogP) is 2.30. The summed E-state index contributed by atoms with van der Waals surface area (Å²) in [5, 5.41) is 9.03. The van der Waals surface area contributed by atoms with Gasteiger partial charge in [0.05, 0.1) is 11.5 Å². The third kappa shape index (κ3) is 2.56. The molecule has 0 aliphatic carbocycles. The van der Waals surface area contributed by atoms with Gasteiger partial charge in [0.15, 0.2) is 0 Å². The molecule has 0 radical (unpaired) electrons. The monoisotopic (exact) mass is 267 g/mol. The van der Waals surface area contributed by atoms with Crippen molar-refractivity contribution in [3.63, 3.8) is 0 Å². The predicted molar refractivity (Wildman–Crippen MR) is 70.1 cm³/mol. The number of carbonyl (C=O) groups is 2. The Bertz CT molecular complexity index is 481. The minimum Gasteiger partial charge on any atom is -0.481 e. The summed E-state index contributed by atoms with van der Waals surface area (Å²) in [7, 11) is 0. The van der Waals surface area contributed by atoms with E-state index in [1.807, 2.05) is 19.9 Å². The lowest BCUT2D eigenvalue weighted by atomic mass is 9.97. The Balaban J connectivity index is 2.14. The summed E-state index contributed by atoms with van der Waals surface area (Å²) >= 11 is 1.60. The topological polar surface area (TPSA) is 57.6 Å². The molecule has 1 fully saturated rings. The molecule has 18 heavy (non-hydrogen) atoms. The van der Waals surface area contributed by atoms with Crippen molar-refractivity contribution in [3.8, 4) is 0 Å². The summed E-state index contributed by atoms with van der Waals surface area (Å²) in [5.74, 6) is -1.24. The SMILES string of the molecule is Cc1cc(C(=O)N2CCC[C@@H](C(=O)O)C2)c(C)s1. The Morgan fingerprint density at radius 1 is 1.44 bits per heavy atom. The van der Waals surface area contributed by atoms with Gasteiger partial charge in [0.1, 0.15) is 0 Å². The van der Waals surface area contributed by atoms with Gasteiger partial charge in [0.2, 0.25) is 0 Å². The largest absolute Gasteiger partial charge is 0.481 e. The molecule has 1 aliphatic rings. The molecule has 1 saturated heterocycles. The highest BCUT2D eigenvalue weighted by Gasteiger charge is 2.29. The van der Waals surface area contributed by atoms with Crippen molar-refractivity contribution in [2.24, 2.45) is 5.92 Å². The highest BCUT2D eigenvalue weighted by molar-refractivity contribution is 7.12. The van der Waals surface area contributed by atoms with Crippen LogP contribution in [0.5, 0.6) is 0 Å². The van der Waals surface area contributed by atoms with Gasteiger partial charge in [0.25, 0.3) is 5.91 Å². The minimum atomic E-state index is -0.800. The van der Waals surface area contributed by atoms with Crippen LogP contribution in [0.1, 0.15) is 33.0 Å². The van der Waals surface area contributed by atoms with Crippen LogP contribution < -0.4 is 0 Å². The molecule has 0 saturated carbocycles. The fraction of sp³-hybridized carbons (Fsp3) is 0.538. The molecule has 2 heterocycles. The van der Waals surface area contributed by atoms with Crippen LogP contribution in [0.25, 0.3) is 0 Å². The van der Waals surface area contributed by atoms with E-state index in [0.717, 1.165) is 21.7 Å². The van der Waals surface area contributed by atoms with Crippen molar-refractivity contribution in [2.75, 3.05) is 13.1 Å². The quantitative estimate of drug-likeness (QED) is 0.894. The van der Waals surface area contributed by atoms with E-state index in [1.54, 1.807) is 16.2 Å². The summed E-state index contributed by atoms with van der Waals surface area (Å²) in [6.45, 7) is 4.91. The van der Waals surface area contributed by atoms with E-state index in [0.29, 0.717) is 19.5 Å². The molecule has 5 heteroatoms. The van der Waals surface area contributed by atoms with E-state index in [1.165, 1.54) is 0 Å². The number of hydrogen-bond acceptors (Lipinski definition) is 3. The smallest absolute Gasteiger partial charge is 0.308 e. The number of piperidine rings is 1. The Morgan fingerprint density at radius 2 is 2.17 bits per heavy atom. The van der Waals surface area contributed by atoms with Crippen molar-refractivity contribution < 1.29 is 14.7 Å². The average Bonchev–Trinajstić information content (AvgIpc) is 2.67. The summed E-state index contributed by atoms with van der Waals surface area (Å²) in [5.41, 5.74) is 0.725. The van der Waals surface area contributed by atoms with Crippen LogP contribution in [0, 0.1) is 19.8 Å². The summed E-state index contributed by atoms with van der Waals surface area (Å²) in [6.07, 6.45) is 1.44. The number of aliphatic carboxylic acids is 1. The fourth-order valence-electron chi connectivity index (χ4n) is 2.38. The van der Waals surface area contributed by atoms with Crippen LogP contribution in [0.2, 0.25) is 0 Å². The number of rotatable bonds is 2. The van der Waals surface area contributed by atoms with Crippen LogP contribution in [-0.4, -0.2) is 35.0 Å². The number of hydrogen-bond donors (Lipinski definition) is 1. The molecule has 1 atom stereocenters. The molecule has 2 rings (SSSR count). The number of likely N-dealkylation sites (tertiary alicyclic amines) is 1. The maximum absolute atomic E-state index is 12.3. The standard InChI is InChI=1S/C13H17NO3S/c1-8-6-11(9(2)18-8)12(15)14-5-3-4-10(7-14)13(16)17/h6,10H,3-5,7H2,1-2H3,(H,16,17)/t10-/m1/s1. The van der Waals surface area contributed by atoms with E-state index in [9.17, 15) is 9.59 Å². The van der Waals surface area contributed by atoms with Gasteiger partial charge < -0.3 is 10.0 Å². The first-order chi connectivity index (χ1) is 8.49. The Labute approximate surface area is 110 Å². The third-order valence-corrected chi connectivity index (χ3v) is 4.30. The van der Waals surface area contributed by atoms with E-state index in [2.05, 4.69) is 0 Å². The lowest BCUT2D eigenvalue weighted by molar-refractivity contribution is -0.143. The number of carboxylic acids is 1. The number of aryl methyl sites for hydroxylation is 2. The minimum absolute atomic E-state index is 0.0252. The number of thiophene rings is 1. The molecule has 0 unspecified atom stereocenters. The maximum atomic E-state index is 12.3. The first-order valence-electron chi connectivity index (χ1n) is 6.08. The number of amides is 1. The zero-order chi connectivity index (χ0) is 13.3. The highest BCUT2D eigenvalue weighted by Crippen LogP contribution is 2.24. The first-order valence-corrected chi connectivity index (χ1v) is 6.90. The molecule has 1 aromatic heterocycles. The number of nitrogens with zero attached hydrogens (tertiary/aromatic N) is 1. The maximum Gasteiger partial charge on any atom is 0.308 e. The summed E-state index contributed by atoms with van der Waals surface area (Å²) in [6, 6.07) is 1.90. The van der Waals surface area contributed by atoms with Gasteiger partial charge in [-0.05, 0) is 32.8 Å².